The van der Waals surface area contributed by atoms with Crippen molar-refractivity contribution in [1.29, 1.82) is 0 Å². The average Bonchev–Trinajstić information content (AvgIpc) is 2.29. The summed E-state index contributed by atoms with van der Waals surface area (Å²) < 4.78 is 20.9. The molecule has 0 amide bonds. The molecule has 1 heterocycles. The highest BCUT2D eigenvalue weighted by atomic mass is 16.6. The molecular weight excluding hydrogens is 208 g/mol. The molecule has 0 saturated heterocycles. The van der Waals surface area contributed by atoms with Gasteiger partial charge in [-0.25, -0.2) is 0 Å². The summed E-state index contributed by atoms with van der Waals surface area (Å²) in [5, 5.41) is 0. The number of rotatable bonds is 0. The first kappa shape index (κ1) is 13.0. The molecule has 0 saturated carbocycles. The van der Waals surface area contributed by atoms with Crippen LogP contribution in [0, 0.1) is 23.7 Å². The van der Waals surface area contributed by atoms with E-state index in [-0.39, 0.29) is 0 Å². The molecule has 0 fully saturated rings. The van der Waals surface area contributed by atoms with Crippen molar-refractivity contribution in [2.24, 2.45) is 0 Å². The summed E-state index contributed by atoms with van der Waals surface area (Å²) in [6, 6.07) is 0. The second kappa shape index (κ2) is 10.5. The van der Waals surface area contributed by atoms with Gasteiger partial charge >= 0.3 is 0 Å². The molecule has 0 unspecified atom stereocenters. The lowest BCUT2D eigenvalue weighted by Gasteiger charge is -2.05. The van der Waals surface area contributed by atoms with Crippen molar-refractivity contribution in [2.45, 2.75) is 0 Å². The Balaban J connectivity index is 2.21. The zero-order valence-corrected chi connectivity index (χ0v) is 9.29. The van der Waals surface area contributed by atoms with E-state index in [0.717, 1.165) is 0 Å². The largest absolute Gasteiger partial charge is 0.377 e. The van der Waals surface area contributed by atoms with Crippen molar-refractivity contribution >= 4 is 0 Å². The van der Waals surface area contributed by atoms with Gasteiger partial charge in [0.1, 0.15) is 13.2 Å². The lowest BCUT2D eigenvalue weighted by atomic mass is 10.5. The fourth-order valence-corrected chi connectivity index (χ4v) is 0.965. The van der Waals surface area contributed by atoms with E-state index < -0.39 is 0 Å². The quantitative estimate of drug-likeness (QED) is 0.546. The Morgan fingerprint density at radius 3 is 1.31 bits per heavy atom. The maximum Gasteiger partial charge on any atom is 0.108 e. The summed E-state index contributed by atoms with van der Waals surface area (Å²) in [6.45, 7) is 4.14. The summed E-state index contributed by atoms with van der Waals surface area (Å²) in [7, 11) is 0. The van der Waals surface area contributed by atoms with Crippen LogP contribution in [-0.4, -0.2) is 52.9 Å². The normalized spacial score (nSPS) is 20.0. The van der Waals surface area contributed by atoms with E-state index in [9.17, 15) is 0 Å². The molecule has 0 atom stereocenters. The number of ether oxygens (including phenoxy) is 4. The molecule has 0 N–H and O–H groups in total. The summed E-state index contributed by atoms with van der Waals surface area (Å²) in [4.78, 5) is 0. The van der Waals surface area contributed by atoms with Crippen LogP contribution in [0.25, 0.3) is 0 Å². The molecule has 88 valence electrons. The third-order valence-corrected chi connectivity index (χ3v) is 1.70. The molecule has 0 aromatic carbocycles. The Hall–Kier alpha value is -1.04. The van der Waals surface area contributed by atoms with Crippen molar-refractivity contribution in [3.05, 3.63) is 0 Å². The highest BCUT2D eigenvalue weighted by molar-refractivity contribution is 5.26. The molecule has 4 nitrogen and oxygen atoms in total. The van der Waals surface area contributed by atoms with Gasteiger partial charge < -0.3 is 18.9 Å². The van der Waals surface area contributed by atoms with Gasteiger partial charge in [0.15, 0.2) is 0 Å². The molecule has 0 bridgehead atoms. The van der Waals surface area contributed by atoms with E-state index in [2.05, 4.69) is 23.7 Å². The van der Waals surface area contributed by atoms with Gasteiger partial charge in [0.05, 0.1) is 39.6 Å². The molecule has 4 heteroatoms. The minimum Gasteiger partial charge on any atom is -0.377 e. The second-order valence-electron chi connectivity index (χ2n) is 2.93. The summed E-state index contributed by atoms with van der Waals surface area (Å²) in [6.07, 6.45) is 0. The van der Waals surface area contributed by atoms with Gasteiger partial charge in [0, 0.05) is 0 Å². The SMILES string of the molecule is C1#CCOCCOCCOCCOCC#C1. The van der Waals surface area contributed by atoms with Crippen LogP contribution in [0.5, 0.6) is 0 Å². The zero-order chi connectivity index (χ0) is 11.3. The highest BCUT2D eigenvalue weighted by Gasteiger charge is 1.91. The fraction of sp³-hybridized carbons (Fsp3) is 0.667. The third kappa shape index (κ3) is 8.28. The Labute approximate surface area is 96.2 Å². The standard InChI is InChI=1S/C12H16O4/c1-2-4-6-14-8-10-16-12-11-15-9-7-13-5-3-1/h5-12H2. The molecule has 1 rings (SSSR count). The van der Waals surface area contributed by atoms with E-state index in [1.54, 1.807) is 0 Å². The Kier molecular flexibility index (Phi) is 8.53. The van der Waals surface area contributed by atoms with Crippen LogP contribution in [0.1, 0.15) is 0 Å². The van der Waals surface area contributed by atoms with Crippen molar-refractivity contribution < 1.29 is 18.9 Å². The zero-order valence-electron chi connectivity index (χ0n) is 9.29. The van der Waals surface area contributed by atoms with Gasteiger partial charge in [0.2, 0.25) is 0 Å². The lowest BCUT2D eigenvalue weighted by Crippen LogP contribution is -2.12. The lowest BCUT2D eigenvalue weighted by molar-refractivity contribution is 0.00482. The van der Waals surface area contributed by atoms with E-state index in [4.69, 9.17) is 18.9 Å². The van der Waals surface area contributed by atoms with Crippen LogP contribution < -0.4 is 0 Å². The van der Waals surface area contributed by atoms with Crippen LogP contribution >= 0.6 is 0 Å². The predicted octanol–water partition coefficient (Wildman–Crippen LogP) is 0.0732. The smallest absolute Gasteiger partial charge is 0.108 e. The first-order valence-electron chi connectivity index (χ1n) is 5.27. The van der Waals surface area contributed by atoms with E-state index in [1.807, 2.05) is 0 Å². The maximum atomic E-state index is 5.27. The first-order valence-corrected chi connectivity index (χ1v) is 5.27. The highest BCUT2D eigenvalue weighted by Crippen LogP contribution is 1.82. The number of hydrogen-bond acceptors (Lipinski definition) is 4. The summed E-state index contributed by atoms with van der Waals surface area (Å²) in [5.41, 5.74) is 0. The van der Waals surface area contributed by atoms with Crippen molar-refractivity contribution in [1.82, 2.24) is 0 Å². The maximum absolute atomic E-state index is 5.27. The molecule has 0 aromatic rings. The molecule has 0 aliphatic carbocycles. The van der Waals surface area contributed by atoms with Crippen LogP contribution in [0.3, 0.4) is 0 Å². The minimum absolute atomic E-state index is 0.384. The van der Waals surface area contributed by atoms with Crippen molar-refractivity contribution in [2.75, 3.05) is 52.9 Å². The van der Waals surface area contributed by atoms with Gasteiger partial charge in [-0.05, 0) is 11.8 Å². The summed E-state index contributed by atoms with van der Waals surface area (Å²) >= 11 is 0. The van der Waals surface area contributed by atoms with Crippen LogP contribution in [0.15, 0.2) is 0 Å². The molecule has 0 radical (unpaired) electrons. The van der Waals surface area contributed by atoms with Gasteiger partial charge in [0.25, 0.3) is 0 Å². The Bertz CT molecular complexity index is 249. The fourth-order valence-electron chi connectivity index (χ4n) is 0.965. The predicted molar refractivity (Wildman–Crippen MR) is 58.8 cm³/mol. The second-order valence-corrected chi connectivity index (χ2v) is 2.93. The summed E-state index contributed by atoms with van der Waals surface area (Å²) in [5.74, 6) is 10.9. The van der Waals surface area contributed by atoms with Crippen molar-refractivity contribution in [3.8, 4) is 23.7 Å². The number of hydrogen-bond donors (Lipinski definition) is 0. The monoisotopic (exact) mass is 224 g/mol. The van der Waals surface area contributed by atoms with Gasteiger partial charge in [-0.15, -0.1) is 0 Å². The Morgan fingerprint density at radius 1 is 0.500 bits per heavy atom. The topological polar surface area (TPSA) is 36.9 Å². The van der Waals surface area contributed by atoms with Crippen molar-refractivity contribution in [3.63, 3.8) is 0 Å². The van der Waals surface area contributed by atoms with Crippen LogP contribution in [-0.2, 0) is 18.9 Å². The van der Waals surface area contributed by atoms with Gasteiger partial charge in [-0.1, -0.05) is 11.8 Å². The Morgan fingerprint density at radius 2 is 0.875 bits per heavy atom. The molecule has 0 spiro atoms. The minimum atomic E-state index is 0.384. The van der Waals surface area contributed by atoms with Crippen LogP contribution in [0.2, 0.25) is 0 Å². The van der Waals surface area contributed by atoms with Gasteiger partial charge in [-0.2, -0.15) is 0 Å². The first-order chi connectivity index (χ1) is 8.00. The molecule has 0 aromatic heterocycles. The van der Waals surface area contributed by atoms with Crippen LogP contribution in [0.4, 0.5) is 0 Å². The average molecular weight is 224 g/mol. The molecule has 16 heavy (non-hydrogen) atoms. The third-order valence-electron chi connectivity index (χ3n) is 1.70. The molecule has 1 aliphatic heterocycles. The van der Waals surface area contributed by atoms with Gasteiger partial charge in [-0.3, -0.25) is 0 Å². The molecule has 1 aliphatic rings. The van der Waals surface area contributed by atoms with E-state index >= 15 is 0 Å². The molecular formula is C12H16O4. The van der Waals surface area contributed by atoms with E-state index in [0.29, 0.717) is 52.9 Å². The van der Waals surface area contributed by atoms with E-state index in [1.165, 1.54) is 0 Å².